The summed E-state index contributed by atoms with van der Waals surface area (Å²) in [6.45, 7) is 1.70. The molecule has 0 bridgehead atoms. The van der Waals surface area contributed by atoms with Gasteiger partial charge in [-0.1, -0.05) is 6.07 Å². The van der Waals surface area contributed by atoms with Crippen LogP contribution in [-0.4, -0.2) is 22.0 Å². The highest BCUT2D eigenvalue weighted by Crippen LogP contribution is 2.20. The number of benzene rings is 2. The van der Waals surface area contributed by atoms with Gasteiger partial charge in [0.05, 0.1) is 0 Å². The minimum Gasteiger partial charge on any atom is -0.508 e. The Balaban J connectivity index is 2.04. The number of amides is 2. The molecule has 6 heteroatoms. The minimum atomic E-state index is -0.854. The molecule has 0 aliphatic heterocycles. The van der Waals surface area contributed by atoms with Gasteiger partial charge >= 0.3 is 11.8 Å². The lowest BCUT2D eigenvalue weighted by atomic mass is 10.2. The topological polar surface area (TPSA) is 98.7 Å². The highest BCUT2D eigenvalue weighted by atomic mass is 16.3. The fourth-order valence-electron chi connectivity index (χ4n) is 1.74. The number of anilines is 2. The van der Waals surface area contributed by atoms with Gasteiger partial charge in [-0.2, -0.15) is 0 Å². The minimum absolute atomic E-state index is 0.0115. The molecule has 4 N–H and O–H groups in total. The molecule has 0 unspecified atom stereocenters. The van der Waals surface area contributed by atoms with Gasteiger partial charge in [-0.25, -0.2) is 0 Å². The number of rotatable bonds is 2. The maximum Gasteiger partial charge on any atom is 0.314 e. The van der Waals surface area contributed by atoms with Crippen LogP contribution in [0.3, 0.4) is 0 Å². The summed E-state index contributed by atoms with van der Waals surface area (Å²) in [4.78, 5) is 23.5. The summed E-state index contributed by atoms with van der Waals surface area (Å²) >= 11 is 0. The Morgan fingerprint density at radius 1 is 0.905 bits per heavy atom. The maximum absolute atomic E-state index is 11.8. The second-order valence-corrected chi connectivity index (χ2v) is 4.46. The van der Waals surface area contributed by atoms with E-state index in [1.54, 1.807) is 19.1 Å². The molecule has 21 heavy (non-hydrogen) atoms. The quantitative estimate of drug-likeness (QED) is 0.501. The molecule has 0 radical (unpaired) electrons. The number of phenolic OH excluding ortho intramolecular Hbond substituents is 2. The van der Waals surface area contributed by atoms with Crippen molar-refractivity contribution < 1.29 is 19.8 Å². The first-order valence-corrected chi connectivity index (χ1v) is 6.16. The summed E-state index contributed by atoms with van der Waals surface area (Å²) in [5, 5.41) is 23.4. The molecular formula is C15H14N2O4. The van der Waals surface area contributed by atoms with Gasteiger partial charge in [-0.05, 0) is 42.8 Å². The van der Waals surface area contributed by atoms with Crippen LogP contribution in [0.25, 0.3) is 0 Å². The van der Waals surface area contributed by atoms with E-state index in [-0.39, 0.29) is 11.5 Å². The Labute approximate surface area is 121 Å². The molecule has 0 saturated carbocycles. The van der Waals surface area contributed by atoms with Crippen LogP contribution in [0.4, 0.5) is 11.4 Å². The summed E-state index contributed by atoms with van der Waals surface area (Å²) in [5.74, 6) is -1.63. The molecule has 2 aromatic rings. The first kappa shape index (κ1) is 14.4. The molecule has 108 valence electrons. The first-order chi connectivity index (χ1) is 9.95. The van der Waals surface area contributed by atoms with Crippen LogP contribution in [0, 0.1) is 6.92 Å². The van der Waals surface area contributed by atoms with Crippen molar-refractivity contribution in [3.05, 3.63) is 48.0 Å². The monoisotopic (exact) mass is 286 g/mol. The van der Waals surface area contributed by atoms with E-state index in [0.717, 1.165) is 0 Å². The van der Waals surface area contributed by atoms with Crippen LogP contribution in [0.15, 0.2) is 42.5 Å². The highest BCUT2D eigenvalue weighted by Gasteiger charge is 2.15. The van der Waals surface area contributed by atoms with Gasteiger partial charge in [0.15, 0.2) is 0 Å². The molecule has 0 heterocycles. The molecule has 2 rings (SSSR count). The largest absolute Gasteiger partial charge is 0.508 e. The van der Waals surface area contributed by atoms with Crippen molar-refractivity contribution in [2.24, 2.45) is 0 Å². The Morgan fingerprint density at radius 2 is 1.57 bits per heavy atom. The number of hydrogen-bond acceptors (Lipinski definition) is 4. The predicted octanol–water partition coefficient (Wildman–Crippen LogP) is 1.98. The van der Waals surface area contributed by atoms with E-state index in [4.69, 9.17) is 0 Å². The Morgan fingerprint density at radius 3 is 2.24 bits per heavy atom. The fraction of sp³-hybridized carbons (Fsp3) is 0.0667. The zero-order valence-corrected chi connectivity index (χ0v) is 11.3. The van der Waals surface area contributed by atoms with Crippen molar-refractivity contribution in [2.75, 3.05) is 10.6 Å². The van der Waals surface area contributed by atoms with Crippen molar-refractivity contribution >= 4 is 23.2 Å². The predicted molar refractivity (Wildman–Crippen MR) is 78.2 cm³/mol. The van der Waals surface area contributed by atoms with E-state index in [1.807, 2.05) is 0 Å². The van der Waals surface area contributed by atoms with Gasteiger partial charge in [-0.15, -0.1) is 0 Å². The number of aryl methyl sites for hydroxylation is 1. The van der Waals surface area contributed by atoms with Crippen LogP contribution in [-0.2, 0) is 9.59 Å². The number of hydrogen-bond donors (Lipinski definition) is 4. The van der Waals surface area contributed by atoms with Crippen LogP contribution in [0.2, 0.25) is 0 Å². The number of aromatic hydroxyl groups is 2. The molecule has 0 aliphatic rings. The Hall–Kier alpha value is -3.02. The lowest BCUT2D eigenvalue weighted by Gasteiger charge is -2.09. The van der Waals surface area contributed by atoms with Crippen LogP contribution in [0.5, 0.6) is 11.5 Å². The molecule has 0 fully saturated rings. The third kappa shape index (κ3) is 3.73. The van der Waals surface area contributed by atoms with Crippen molar-refractivity contribution in [2.45, 2.75) is 6.92 Å². The summed E-state index contributed by atoms with van der Waals surface area (Å²) in [7, 11) is 0. The molecule has 2 aromatic carbocycles. The van der Waals surface area contributed by atoms with Gasteiger partial charge in [0.2, 0.25) is 0 Å². The summed E-state index contributed by atoms with van der Waals surface area (Å²) in [5.41, 5.74) is 1.38. The fourth-order valence-corrected chi connectivity index (χ4v) is 1.74. The van der Waals surface area contributed by atoms with Crippen molar-refractivity contribution in [1.29, 1.82) is 0 Å². The number of carbonyl (C=O) groups is 2. The van der Waals surface area contributed by atoms with Gasteiger partial charge in [0.25, 0.3) is 0 Å². The summed E-state index contributed by atoms with van der Waals surface area (Å²) in [6, 6.07) is 10.3. The van der Waals surface area contributed by atoms with Crippen molar-refractivity contribution in [3.63, 3.8) is 0 Å². The van der Waals surface area contributed by atoms with Gasteiger partial charge < -0.3 is 20.8 Å². The van der Waals surface area contributed by atoms with E-state index in [9.17, 15) is 19.8 Å². The normalized spacial score (nSPS) is 9.95. The van der Waals surface area contributed by atoms with E-state index >= 15 is 0 Å². The standard InChI is InChI=1S/C15H14N2O4/c1-9-7-12(19)5-6-13(9)17-15(21)14(20)16-10-3-2-4-11(18)8-10/h2-8,18-19H,1H3,(H,16,20)(H,17,21). The lowest BCUT2D eigenvalue weighted by Crippen LogP contribution is -2.29. The molecule has 2 amide bonds. The molecule has 0 saturated heterocycles. The smallest absolute Gasteiger partial charge is 0.314 e. The molecule has 0 atom stereocenters. The second kappa shape index (κ2) is 5.96. The van der Waals surface area contributed by atoms with Gasteiger partial charge in [0.1, 0.15) is 11.5 Å². The van der Waals surface area contributed by atoms with Crippen LogP contribution < -0.4 is 10.6 Å². The Kier molecular flexibility index (Phi) is 4.08. The number of nitrogens with one attached hydrogen (secondary N) is 2. The van der Waals surface area contributed by atoms with E-state index in [1.165, 1.54) is 30.3 Å². The van der Waals surface area contributed by atoms with E-state index < -0.39 is 11.8 Å². The molecule has 0 aliphatic carbocycles. The van der Waals surface area contributed by atoms with Gasteiger partial charge in [0, 0.05) is 17.4 Å². The zero-order valence-electron chi connectivity index (χ0n) is 11.3. The molecule has 0 spiro atoms. The van der Waals surface area contributed by atoms with Gasteiger partial charge in [-0.3, -0.25) is 9.59 Å². The lowest BCUT2D eigenvalue weighted by molar-refractivity contribution is -0.133. The zero-order chi connectivity index (χ0) is 15.4. The van der Waals surface area contributed by atoms with E-state index in [0.29, 0.717) is 16.9 Å². The molecule has 0 aromatic heterocycles. The summed E-state index contributed by atoms with van der Waals surface area (Å²) in [6.07, 6.45) is 0. The maximum atomic E-state index is 11.8. The van der Waals surface area contributed by atoms with Crippen LogP contribution in [0.1, 0.15) is 5.56 Å². The summed E-state index contributed by atoms with van der Waals surface area (Å²) < 4.78 is 0. The highest BCUT2D eigenvalue weighted by molar-refractivity contribution is 6.43. The van der Waals surface area contributed by atoms with Crippen molar-refractivity contribution in [1.82, 2.24) is 0 Å². The van der Waals surface area contributed by atoms with E-state index in [2.05, 4.69) is 10.6 Å². The first-order valence-electron chi connectivity index (χ1n) is 6.16. The van der Waals surface area contributed by atoms with Crippen LogP contribution >= 0.6 is 0 Å². The average molecular weight is 286 g/mol. The SMILES string of the molecule is Cc1cc(O)ccc1NC(=O)C(=O)Nc1cccc(O)c1. The number of phenols is 2. The molecular weight excluding hydrogens is 272 g/mol. The van der Waals surface area contributed by atoms with Crippen molar-refractivity contribution in [3.8, 4) is 11.5 Å². The number of carbonyl (C=O) groups excluding carboxylic acids is 2. The second-order valence-electron chi connectivity index (χ2n) is 4.46. The third-order valence-corrected chi connectivity index (χ3v) is 2.77. The molecule has 6 nitrogen and oxygen atoms in total. The third-order valence-electron chi connectivity index (χ3n) is 2.77. The Bertz CT molecular complexity index is 698. The average Bonchev–Trinajstić information content (AvgIpc) is 2.41.